The van der Waals surface area contributed by atoms with Gasteiger partial charge in [0.2, 0.25) is 0 Å². The van der Waals surface area contributed by atoms with Crippen LogP contribution in [0.15, 0.2) is 47.6 Å². The van der Waals surface area contributed by atoms with E-state index in [1.807, 2.05) is 43.3 Å². The van der Waals surface area contributed by atoms with Crippen LogP contribution in [0.5, 0.6) is 0 Å². The smallest absolute Gasteiger partial charge is 0.265 e. The molecule has 0 fully saturated rings. The molecule has 0 unspecified atom stereocenters. The van der Waals surface area contributed by atoms with Crippen molar-refractivity contribution in [3.8, 4) is 0 Å². The van der Waals surface area contributed by atoms with E-state index in [1.54, 1.807) is 6.21 Å². The zero-order valence-corrected chi connectivity index (χ0v) is 13.5. The van der Waals surface area contributed by atoms with Crippen molar-refractivity contribution in [1.82, 2.24) is 20.2 Å². The van der Waals surface area contributed by atoms with E-state index in [4.69, 9.17) is 11.6 Å². The molecule has 2 aromatic heterocycles. The lowest BCUT2D eigenvalue weighted by atomic mass is 10.2. The van der Waals surface area contributed by atoms with Crippen molar-refractivity contribution in [2.24, 2.45) is 5.10 Å². The Bertz CT molecular complexity index is 1070. The first kappa shape index (κ1) is 14.6. The van der Waals surface area contributed by atoms with E-state index in [1.165, 1.54) is 5.56 Å². The summed E-state index contributed by atoms with van der Waals surface area (Å²) in [4.78, 5) is 7.65. The standard InChI is InChI=1S/C17H13ClN6/c1-10-5-6-14-13(7-10)15-16(20-14)21-17(24-22-15)23-19-9-11-3-2-4-12(18)8-11/h2-9H,1H3,(H2,20,21,23,24)/b19-9+. The van der Waals surface area contributed by atoms with Gasteiger partial charge in [-0.15, -0.1) is 10.2 Å². The maximum Gasteiger partial charge on any atom is 0.265 e. The number of nitrogens with zero attached hydrogens (tertiary/aromatic N) is 4. The van der Waals surface area contributed by atoms with Gasteiger partial charge in [-0.2, -0.15) is 10.1 Å². The van der Waals surface area contributed by atoms with Crippen molar-refractivity contribution < 1.29 is 0 Å². The van der Waals surface area contributed by atoms with Crippen LogP contribution in [-0.4, -0.2) is 26.4 Å². The van der Waals surface area contributed by atoms with E-state index < -0.39 is 0 Å². The first-order valence-corrected chi connectivity index (χ1v) is 7.74. The van der Waals surface area contributed by atoms with Crippen LogP contribution in [0.2, 0.25) is 5.02 Å². The van der Waals surface area contributed by atoms with Crippen LogP contribution in [-0.2, 0) is 0 Å². The fourth-order valence-electron chi connectivity index (χ4n) is 2.48. The second kappa shape index (κ2) is 5.90. The summed E-state index contributed by atoms with van der Waals surface area (Å²) in [6.07, 6.45) is 1.65. The van der Waals surface area contributed by atoms with Gasteiger partial charge < -0.3 is 4.98 Å². The molecular weight excluding hydrogens is 324 g/mol. The minimum atomic E-state index is 0.323. The molecule has 0 aliphatic heterocycles. The third-order valence-electron chi connectivity index (χ3n) is 3.60. The molecule has 0 radical (unpaired) electrons. The summed E-state index contributed by atoms with van der Waals surface area (Å²) in [5.74, 6) is 0.323. The number of rotatable bonds is 3. The molecule has 0 spiro atoms. The molecule has 2 aromatic carbocycles. The third kappa shape index (κ3) is 2.79. The van der Waals surface area contributed by atoms with Gasteiger partial charge in [-0.1, -0.05) is 35.4 Å². The fraction of sp³-hybridized carbons (Fsp3) is 0.0588. The highest BCUT2D eigenvalue weighted by Crippen LogP contribution is 2.23. The number of H-pyrrole nitrogens is 1. The Kier molecular flexibility index (Phi) is 3.59. The highest BCUT2D eigenvalue weighted by Gasteiger charge is 2.08. The molecule has 118 valence electrons. The number of benzene rings is 2. The van der Waals surface area contributed by atoms with Crippen LogP contribution < -0.4 is 5.43 Å². The minimum Gasteiger partial charge on any atom is -0.338 e. The summed E-state index contributed by atoms with van der Waals surface area (Å²) in [6, 6.07) is 13.5. The maximum atomic E-state index is 5.93. The molecule has 4 rings (SSSR count). The van der Waals surface area contributed by atoms with E-state index in [0.29, 0.717) is 16.6 Å². The molecule has 0 amide bonds. The molecular formula is C17H13ClN6. The first-order valence-electron chi connectivity index (χ1n) is 7.36. The quantitative estimate of drug-likeness (QED) is 0.439. The number of nitrogens with one attached hydrogen (secondary N) is 2. The summed E-state index contributed by atoms with van der Waals surface area (Å²) < 4.78 is 0. The maximum absolute atomic E-state index is 5.93. The number of hydrogen-bond donors (Lipinski definition) is 2. The second-order valence-electron chi connectivity index (χ2n) is 5.43. The lowest BCUT2D eigenvalue weighted by molar-refractivity contribution is 1.01. The SMILES string of the molecule is Cc1ccc2[nH]c3nc(N/N=C/c4cccc(Cl)c4)nnc3c2c1. The van der Waals surface area contributed by atoms with Crippen LogP contribution in [0, 0.1) is 6.92 Å². The molecule has 0 bridgehead atoms. The molecule has 6 nitrogen and oxygen atoms in total. The number of halogens is 1. The first-order chi connectivity index (χ1) is 11.7. The number of hydrazone groups is 1. The molecule has 0 saturated heterocycles. The van der Waals surface area contributed by atoms with Crippen LogP contribution in [0.4, 0.5) is 5.95 Å². The molecule has 0 aliphatic rings. The Labute approximate surface area is 142 Å². The summed E-state index contributed by atoms with van der Waals surface area (Å²) in [6.45, 7) is 2.04. The van der Waals surface area contributed by atoms with Crippen molar-refractivity contribution in [2.75, 3.05) is 5.43 Å². The van der Waals surface area contributed by atoms with Gasteiger partial charge in [0, 0.05) is 15.9 Å². The predicted octanol–water partition coefficient (Wildman–Crippen LogP) is 3.91. The van der Waals surface area contributed by atoms with Crippen LogP contribution >= 0.6 is 11.6 Å². The summed E-state index contributed by atoms with van der Waals surface area (Å²) in [5, 5.41) is 14.1. The molecule has 4 aromatic rings. The van der Waals surface area contributed by atoms with Crippen LogP contribution in [0.3, 0.4) is 0 Å². The lowest BCUT2D eigenvalue weighted by Crippen LogP contribution is -1.98. The van der Waals surface area contributed by atoms with Gasteiger partial charge in [0.15, 0.2) is 5.65 Å². The van der Waals surface area contributed by atoms with E-state index in [-0.39, 0.29) is 0 Å². The summed E-state index contributed by atoms with van der Waals surface area (Å²) in [5.41, 5.74) is 7.23. The van der Waals surface area contributed by atoms with Gasteiger partial charge in [0.05, 0.1) is 6.21 Å². The number of anilines is 1. The van der Waals surface area contributed by atoms with Gasteiger partial charge >= 0.3 is 0 Å². The Morgan fingerprint density at radius 1 is 1.17 bits per heavy atom. The largest absolute Gasteiger partial charge is 0.338 e. The molecule has 0 saturated carbocycles. The molecule has 2 N–H and O–H groups in total. The highest BCUT2D eigenvalue weighted by atomic mass is 35.5. The Morgan fingerprint density at radius 2 is 2.08 bits per heavy atom. The topological polar surface area (TPSA) is 78.9 Å². The number of aromatic nitrogens is 4. The van der Waals surface area contributed by atoms with Crippen LogP contribution in [0.25, 0.3) is 22.1 Å². The molecule has 0 aliphatic carbocycles. The van der Waals surface area contributed by atoms with Crippen molar-refractivity contribution in [2.45, 2.75) is 6.92 Å². The van der Waals surface area contributed by atoms with Gasteiger partial charge in [-0.05, 0) is 36.8 Å². The van der Waals surface area contributed by atoms with E-state index in [2.05, 4.69) is 36.8 Å². The normalized spacial score (nSPS) is 11.6. The van der Waals surface area contributed by atoms with Crippen molar-refractivity contribution in [3.63, 3.8) is 0 Å². The van der Waals surface area contributed by atoms with Gasteiger partial charge in [-0.3, -0.25) is 0 Å². The Balaban J connectivity index is 1.62. The monoisotopic (exact) mass is 336 g/mol. The Hall–Kier alpha value is -2.99. The van der Waals surface area contributed by atoms with Crippen molar-refractivity contribution in [1.29, 1.82) is 0 Å². The number of aryl methyl sites for hydroxylation is 1. The molecule has 24 heavy (non-hydrogen) atoms. The minimum absolute atomic E-state index is 0.323. The highest BCUT2D eigenvalue weighted by molar-refractivity contribution is 6.30. The molecule has 7 heteroatoms. The van der Waals surface area contributed by atoms with Crippen molar-refractivity contribution in [3.05, 3.63) is 58.6 Å². The molecule has 2 heterocycles. The Morgan fingerprint density at radius 3 is 2.96 bits per heavy atom. The average molecular weight is 337 g/mol. The van der Waals surface area contributed by atoms with E-state index >= 15 is 0 Å². The zero-order valence-electron chi connectivity index (χ0n) is 12.8. The van der Waals surface area contributed by atoms with Gasteiger partial charge in [0.25, 0.3) is 5.95 Å². The number of hydrogen-bond acceptors (Lipinski definition) is 5. The zero-order chi connectivity index (χ0) is 16.5. The molecule has 0 atom stereocenters. The second-order valence-corrected chi connectivity index (χ2v) is 5.87. The number of aromatic amines is 1. The third-order valence-corrected chi connectivity index (χ3v) is 3.83. The number of fused-ring (bicyclic) bond motifs is 3. The van der Waals surface area contributed by atoms with E-state index in [9.17, 15) is 0 Å². The van der Waals surface area contributed by atoms with Gasteiger partial charge in [0.1, 0.15) is 5.52 Å². The fourth-order valence-corrected chi connectivity index (χ4v) is 2.68. The van der Waals surface area contributed by atoms with Gasteiger partial charge in [-0.25, -0.2) is 5.43 Å². The average Bonchev–Trinajstić information content (AvgIpc) is 2.92. The lowest BCUT2D eigenvalue weighted by Gasteiger charge is -1.97. The summed E-state index contributed by atoms with van der Waals surface area (Å²) >= 11 is 5.93. The van der Waals surface area contributed by atoms with Crippen LogP contribution in [0.1, 0.15) is 11.1 Å². The summed E-state index contributed by atoms with van der Waals surface area (Å²) in [7, 11) is 0. The van der Waals surface area contributed by atoms with E-state index in [0.717, 1.165) is 22.0 Å². The van der Waals surface area contributed by atoms with Crippen molar-refractivity contribution >= 4 is 45.8 Å². The predicted molar refractivity (Wildman–Crippen MR) is 96.6 cm³/mol.